The third-order valence-electron chi connectivity index (χ3n) is 3.49. The lowest BCUT2D eigenvalue weighted by molar-refractivity contribution is -0.149. The van der Waals surface area contributed by atoms with Crippen molar-refractivity contribution in [2.45, 2.75) is 52.5 Å². The number of carbonyl (C=O) groups excluding carboxylic acids is 1. The van der Waals surface area contributed by atoms with Gasteiger partial charge in [-0.1, -0.05) is 18.2 Å². The highest BCUT2D eigenvalue weighted by atomic mass is 16.5. The maximum Gasteiger partial charge on any atom is 0.325 e. The van der Waals surface area contributed by atoms with Gasteiger partial charge in [0.15, 0.2) is 0 Å². The van der Waals surface area contributed by atoms with Crippen molar-refractivity contribution in [3.8, 4) is 5.75 Å². The summed E-state index contributed by atoms with van der Waals surface area (Å²) in [6.07, 6.45) is 2.29. The Kier molecular flexibility index (Phi) is 6.69. The number of ether oxygens (including phenoxy) is 2. The fraction of sp³-hybridized carbons (Fsp3) is 0.588. The van der Waals surface area contributed by atoms with Gasteiger partial charge in [0.05, 0.1) is 13.2 Å². The molecule has 2 N–H and O–H groups in total. The topological polar surface area (TPSA) is 61.5 Å². The number of rotatable bonds is 8. The molecule has 1 rings (SSSR count). The molecule has 0 radical (unpaired) electrons. The Morgan fingerprint density at radius 3 is 2.43 bits per heavy atom. The molecule has 1 aromatic carbocycles. The van der Waals surface area contributed by atoms with Gasteiger partial charge in [-0.25, -0.2) is 0 Å². The number of esters is 1. The number of hydrogen-bond acceptors (Lipinski definition) is 4. The van der Waals surface area contributed by atoms with E-state index in [0.29, 0.717) is 19.6 Å². The van der Waals surface area contributed by atoms with Gasteiger partial charge in [-0.05, 0) is 58.1 Å². The van der Waals surface area contributed by atoms with E-state index in [0.717, 1.165) is 29.7 Å². The highest BCUT2D eigenvalue weighted by Gasteiger charge is 2.28. The Bertz CT molecular complexity index is 449. The number of hydrogen-bond donors (Lipinski definition) is 1. The van der Waals surface area contributed by atoms with Gasteiger partial charge >= 0.3 is 5.97 Å². The third kappa shape index (κ3) is 5.38. The summed E-state index contributed by atoms with van der Waals surface area (Å²) in [5.41, 5.74) is 7.35. The minimum Gasteiger partial charge on any atom is -0.493 e. The summed E-state index contributed by atoms with van der Waals surface area (Å²) in [6, 6.07) is 6.11. The van der Waals surface area contributed by atoms with E-state index in [1.54, 1.807) is 13.8 Å². The van der Waals surface area contributed by atoms with Crippen LogP contribution in [0.2, 0.25) is 0 Å². The number of unbranched alkanes of at least 4 members (excludes halogenated alkanes) is 1. The second-order valence-electron chi connectivity index (χ2n) is 5.66. The van der Waals surface area contributed by atoms with Crippen LogP contribution in [0.1, 0.15) is 44.2 Å². The van der Waals surface area contributed by atoms with Crippen LogP contribution in [0.4, 0.5) is 0 Å². The minimum atomic E-state index is -0.908. The third-order valence-corrected chi connectivity index (χ3v) is 3.49. The number of para-hydroxylation sites is 1. The molecule has 4 nitrogen and oxygen atoms in total. The summed E-state index contributed by atoms with van der Waals surface area (Å²) in [6.45, 7) is 8.58. The molecule has 0 fully saturated rings. The van der Waals surface area contributed by atoms with Gasteiger partial charge in [0, 0.05) is 0 Å². The van der Waals surface area contributed by atoms with E-state index in [9.17, 15) is 4.79 Å². The second-order valence-corrected chi connectivity index (χ2v) is 5.66. The Hall–Kier alpha value is -1.55. The molecule has 0 saturated carbocycles. The zero-order valence-electron chi connectivity index (χ0n) is 13.6. The molecule has 0 aliphatic heterocycles. The van der Waals surface area contributed by atoms with Crippen LogP contribution in [0.25, 0.3) is 0 Å². The lowest BCUT2D eigenvalue weighted by Gasteiger charge is -2.22. The predicted molar refractivity (Wildman–Crippen MR) is 84.5 cm³/mol. The molecular formula is C17H27NO3. The Balaban J connectivity index is 2.33. The SMILES string of the molecule is CCOC(=O)C(C)(N)CCCCOc1c(C)cccc1C. The molecule has 0 amide bonds. The molecule has 0 aromatic heterocycles. The van der Waals surface area contributed by atoms with Crippen LogP contribution in [0, 0.1) is 13.8 Å². The molecule has 0 spiro atoms. The van der Waals surface area contributed by atoms with Crippen LogP contribution in [0.5, 0.6) is 5.75 Å². The summed E-state index contributed by atoms with van der Waals surface area (Å²) < 4.78 is 10.8. The van der Waals surface area contributed by atoms with Crippen LogP contribution in [-0.4, -0.2) is 24.7 Å². The molecular weight excluding hydrogens is 266 g/mol. The fourth-order valence-corrected chi connectivity index (χ4v) is 2.19. The summed E-state index contributed by atoms with van der Waals surface area (Å²) >= 11 is 0. The standard InChI is InChI=1S/C17H27NO3/c1-5-20-16(19)17(4,18)11-6-7-12-21-15-13(2)9-8-10-14(15)3/h8-10H,5-7,11-12,18H2,1-4H3. The predicted octanol–water partition coefficient (Wildman–Crippen LogP) is 3.13. The molecule has 0 bridgehead atoms. The smallest absolute Gasteiger partial charge is 0.325 e. The number of nitrogens with two attached hydrogens (primary N) is 1. The molecule has 0 aliphatic carbocycles. The quantitative estimate of drug-likeness (QED) is 0.591. The van der Waals surface area contributed by atoms with Crippen LogP contribution in [-0.2, 0) is 9.53 Å². The first-order valence-corrected chi connectivity index (χ1v) is 7.53. The van der Waals surface area contributed by atoms with Gasteiger partial charge in [0.1, 0.15) is 11.3 Å². The number of aryl methyl sites for hydroxylation is 2. The van der Waals surface area contributed by atoms with Crippen LogP contribution >= 0.6 is 0 Å². The van der Waals surface area contributed by atoms with Gasteiger partial charge in [-0.15, -0.1) is 0 Å². The zero-order valence-corrected chi connectivity index (χ0v) is 13.6. The molecule has 21 heavy (non-hydrogen) atoms. The van der Waals surface area contributed by atoms with Gasteiger partial charge in [-0.2, -0.15) is 0 Å². The van der Waals surface area contributed by atoms with Crippen LogP contribution in [0.3, 0.4) is 0 Å². The molecule has 4 heteroatoms. The Labute approximate surface area is 127 Å². The lowest BCUT2D eigenvalue weighted by Crippen LogP contribution is -2.46. The number of carbonyl (C=O) groups is 1. The second kappa shape index (κ2) is 8.03. The highest BCUT2D eigenvalue weighted by Crippen LogP contribution is 2.22. The van der Waals surface area contributed by atoms with Crippen molar-refractivity contribution in [2.24, 2.45) is 5.73 Å². The molecule has 0 aliphatic rings. The van der Waals surface area contributed by atoms with E-state index in [2.05, 4.69) is 0 Å². The van der Waals surface area contributed by atoms with Gasteiger partial charge in [0.2, 0.25) is 0 Å². The monoisotopic (exact) mass is 293 g/mol. The van der Waals surface area contributed by atoms with Gasteiger partial charge < -0.3 is 15.2 Å². The van der Waals surface area contributed by atoms with Crippen molar-refractivity contribution in [3.63, 3.8) is 0 Å². The molecule has 0 saturated heterocycles. The van der Waals surface area contributed by atoms with Crippen molar-refractivity contribution >= 4 is 5.97 Å². The molecule has 0 heterocycles. The van der Waals surface area contributed by atoms with E-state index in [4.69, 9.17) is 15.2 Å². The minimum absolute atomic E-state index is 0.333. The number of benzene rings is 1. The Morgan fingerprint density at radius 2 is 1.86 bits per heavy atom. The molecule has 1 atom stereocenters. The average molecular weight is 293 g/mol. The summed E-state index contributed by atoms with van der Waals surface area (Å²) in [7, 11) is 0. The van der Waals surface area contributed by atoms with Crippen molar-refractivity contribution in [3.05, 3.63) is 29.3 Å². The largest absolute Gasteiger partial charge is 0.493 e. The van der Waals surface area contributed by atoms with Crippen LogP contribution < -0.4 is 10.5 Å². The maximum atomic E-state index is 11.7. The summed E-state index contributed by atoms with van der Waals surface area (Å²) in [5, 5.41) is 0. The van der Waals surface area contributed by atoms with E-state index in [-0.39, 0.29) is 5.97 Å². The van der Waals surface area contributed by atoms with Crippen molar-refractivity contribution < 1.29 is 14.3 Å². The fourth-order valence-electron chi connectivity index (χ4n) is 2.19. The average Bonchev–Trinajstić information content (AvgIpc) is 2.41. The highest BCUT2D eigenvalue weighted by molar-refractivity contribution is 5.79. The normalized spacial score (nSPS) is 13.6. The lowest BCUT2D eigenvalue weighted by atomic mass is 9.96. The van der Waals surface area contributed by atoms with E-state index < -0.39 is 5.54 Å². The van der Waals surface area contributed by atoms with E-state index in [1.165, 1.54) is 0 Å². The maximum absolute atomic E-state index is 11.7. The van der Waals surface area contributed by atoms with Crippen molar-refractivity contribution in [2.75, 3.05) is 13.2 Å². The van der Waals surface area contributed by atoms with E-state index in [1.807, 2.05) is 32.0 Å². The first-order valence-electron chi connectivity index (χ1n) is 7.53. The van der Waals surface area contributed by atoms with Crippen molar-refractivity contribution in [1.82, 2.24) is 0 Å². The van der Waals surface area contributed by atoms with Crippen LogP contribution in [0.15, 0.2) is 18.2 Å². The summed E-state index contributed by atoms with van der Waals surface area (Å²) in [5.74, 6) is 0.624. The molecule has 1 aromatic rings. The first-order chi connectivity index (χ1) is 9.88. The molecule has 118 valence electrons. The zero-order chi connectivity index (χ0) is 15.9. The van der Waals surface area contributed by atoms with E-state index >= 15 is 0 Å². The van der Waals surface area contributed by atoms with Gasteiger partial charge in [0.25, 0.3) is 0 Å². The molecule has 1 unspecified atom stereocenters. The first kappa shape index (κ1) is 17.5. The Morgan fingerprint density at radius 1 is 1.24 bits per heavy atom. The van der Waals surface area contributed by atoms with Gasteiger partial charge in [-0.3, -0.25) is 4.79 Å². The van der Waals surface area contributed by atoms with Crippen molar-refractivity contribution in [1.29, 1.82) is 0 Å². The summed E-state index contributed by atoms with van der Waals surface area (Å²) in [4.78, 5) is 11.7.